The minimum Gasteiger partial charge on any atom is -0.466 e. The molecule has 0 aromatic carbocycles. The lowest BCUT2D eigenvalue weighted by Gasteiger charge is -2.16. The first-order valence-corrected chi connectivity index (χ1v) is 7.13. The highest BCUT2D eigenvalue weighted by atomic mass is 16.5. The Morgan fingerprint density at radius 1 is 1.24 bits per heavy atom. The zero-order chi connectivity index (χ0) is 12.1. The Kier molecular flexibility index (Phi) is 4.64. The summed E-state index contributed by atoms with van der Waals surface area (Å²) in [5, 5.41) is 0. The second kappa shape index (κ2) is 6.23. The Balaban J connectivity index is 1.57. The van der Waals surface area contributed by atoms with Crippen LogP contribution < -0.4 is 0 Å². The number of unbranched alkanes of at least 4 members (excludes halogenated alkanes) is 3. The molecule has 2 heteroatoms. The number of esters is 1. The number of rotatable bonds is 7. The molecule has 0 aromatic heterocycles. The third kappa shape index (κ3) is 3.58. The van der Waals surface area contributed by atoms with Crippen molar-refractivity contribution < 1.29 is 9.53 Å². The standard InChI is InChI=1S/C15H24O2/c1-2-3-4-5-8-17-15(16)11-14-10-12-6-7-13(14)9-12/h6-7,12-14H,2-5,8-11H2,1H3. The van der Waals surface area contributed by atoms with Gasteiger partial charge in [0.25, 0.3) is 0 Å². The molecule has 1 fully saturated rings. The monoisotopic (exact) mass is 236 g/mol. The number of ether oxygens (including phenoxy) is 1. The van der Waals surface area contributed by atoms with Gasteiger partial charge in [0.15, 0.2) is 0 Å². The molecule has 0 radical (unpaired) electrons. The van der Waals surface area contributed by atoms with E-state index in [1.165, 1.54) is 32.1 Å². The molecule has 2 bridgehead atoms. The minimum atomic E-state index is 0.0208. The summed E-state index contributed by atoms with van der Waals surface area (Å²) >= 11 is 0. The summed E-state index contributed by atoms with van der Waals surface area (Å²) in [6.07, 6.45) is 12.4. The number of carbonyl (C=O) groups is 1. The Morgan fingerprint density at radius 3 is 2.76 bits per heavy atom. The molecule has 96 valence electrons. The summed E-state index contributed by atoms with van der Waals surface area (Å²) in [5.74, 6) is 2.00. The van der Waals surface area contributed by atoms with Crippen LogP contribution in [0.25, 0.3) is 0 Å². The molecule has 3 atom stereocenters. The molecule has 0 amide bonds. The second-order valence-corrected chi connectivity index (χ2v) is 5.53. The van der Waals surface area contributed by atoms with Gasteiger partial charge in [-0.15, -0.1) is 0 Å². The SMILES string of the molecule is CCCCCCOC(=O)CC1CC2C=CC1C2. The van der Waals surface area contributed by atoms with Crippen molar-refractivity contribution in [3.8, 4) is 0 Å². The van der Waals surface area contributed by atoms with Gasteiger partial charge in [0.1, 0.15) is 0 Å². The predicted molar refractivity (Wildman–Crippen MR) is 68.6 cm³/mol. The van der Waals surface area contributed by atoms with E-state index in [2.05, 4.69) is 19.1 Å². The Labute approximate surface area is 104 Å². The van der Waals surface area contributed by atoms with Gasteiger partial charge in [0.2, 0.25) is 0 Å². The fourth-order valence-corrected chi connectivity index (χ4v) is 3.12. The van der Waals surface area contributed by atoms with Gasteiger partial charge in [-0.05, 0) is 37.0 Å². The molecule has 0 saturated heterocycles. The molecule has 0 heterocycles. The average molecular weight is 236 g/mol. The van der Waals surface area contributed by atoms with E-state index in [4.69, 9.17) is 4.74 Å². The van der Waals surface area contributed by atoms with E-state index < -0.39 is 0 Å². The van der Waals surface area contributed by atoms with Crippen LogP contribution in [0.2, 0.25) is 0 Å². The molecular formula is C15H24O2. The molecule has 2 nitrogen and oxygen atoms in total. The third-order valence-electron chi connectivity index (χ3n) is 4.11. The first kappa shape index (κ1) is 12.7. The van der Waals surface area contributed by atoms with Crippen molar-refractivity contribution >= 4 is 5.97 Å². The van der Waals surface area contributed by atoms with E-state index >= 15 is 0 Å². The highest BCUT2D eigenvalue weighted by Crippen LogP contribution is 2.44. The van der Waals surface area contributed by atoms with Crippen molar-refractivity contribution in [2.24, 2.45) is 17.8 Å². The molecule has 0 N–H and O–H groups in total. The highest BCUT2D eigenvalue weighted by molar-refractivity contribution is 5.69. The Hall–Kier alpha value is -0.790. The van der Waals surface area contributed by atoms with Crippen LogP contribution in [0.3, 0.4) is 0 Å². The van der Waals surface area contributed by atoms with E-state index in [-0.39, 0.29) is 5.97 Å². The van der Waals surface area contributed by atoms with Gasteiger partial charge >= 0.3 is 5.97 Å². The normalized spacial score (nSPS) is 29.8. The van der Waals surface area contributed by atoms with Crippen molar-refractivity contribution in [3.05, 3.63) is 12.2 Å². The van der Waals surface area contributed by atoms with Crippen LogP contribution in [-0.4, -0.2) is 12.6 Å². The molecule has 0 aromatic rings. The van der Waals surface area contributed by atoms with Crippen LogP contribution in [-0.2, 0) is 9.53 Å². The van der Waals surface area contributed by atoms with Crippen molar-refractivity contribution in [1.29, 1.82) is 0 Å². The number of allylic oxidation sites excluding steroid dienone is 2. The maximum Gasteiger partial charge on any atom is 0.306 e. The maximum absolute atomic E-state index is 11.7. The lowest BCUT2D eigenvalue weighted by atomic mass is 9.91. The first-order valence-electron chi connectivity index (χ1n) is 7.13. The molecule has 1 saturated carbocycles. The molecule has 3 unspecified atom stereocenters. The Bertz CT molecular complexity index is 283. The molecule has 2 aliphatic rings. The van der Waals surface area contributed by atoms with Crippen LogP contribution >= 0.6 is 0 Å². The van der Waals surface area contributed by atoms with Crippen LogP contribution in [0.4, 0.5) is 0 Å². The van der Waals surface area contributed by atoms with Gasteiger partial charge in [-0.2, -0.15) is 0 Å². The zero-order valence-corrected chi connectivity index (χ0v) is 10.9. The number of hydrogen-bond donors (Lipinski definition) is 0. The third-order valence-corrected chi connectivity index (χ3v) is 4.11. The molecule has 2 aliphatic carbocycles. The van der Waals surface area contributed by atoms with Crippen LogP contribution in [0.15, 0.2) is 12.2 Å². The molecular weight excluding hydrogens is 212 g/mol. The lowest BCUT2D eigenvalue weighted by Crippen LogP contribution is -2.15. The molecule has 2 rings (SSSR count). The molecule has 0 spiro atoms. The predicted octanol–water partition coefficient (Wildman–Crippen LogP) is 3.71. The fraction of sp³-hybridized carbons (Fsp3) is 0.800. The fourth-order valence-electron chi connectivity index (χ4n) is 3.12. The Morgan fingerprint density at radius 2 is 2.12 bits per heavy atom. The zero-order valence-electron chi connectivity index (χ0n) is 10.9. The van der Waals surface area contributed by atoms with E-state index in [0.717, 1.165) is 12.3 Å². The number of fused-ring (bicyclic) bond motifs is 2. The average Bonchev–Trinajstić information content (AvgIpc) is 2.90. The van der Waals surface area contributed by atoms with Gasteiger partial charge in [-0.25, -0.2) is 0 Å². The number of hydrogen-bond acceptors (Lipinski definition) is 2. The summed E-state index contributed by atoms with van der Waals surface area (Å²) in [6, 6.07) is 0. The minimum absolute atomic E-state index is 0.0208. The summed E-state index contributed by atoms with van der Waals surface area (Å²) in [7, 11) is 0. The molecule has 17 heavy (non-hydrogen) atoms. The van der Waals surface area contributed by atoms with Crippen molar-refractivity contribution in [1.82, 2.24) is 0 Å². The van der Waals surface area contributed by atoms with Crippen molar-refractivity contribution in [2.45, 2.75) is 51.9 Å². The number of carbonyl (C=O) groups excluding carboxylic acids is 1. The topological polar surface area (TPSA) is 26.3 Å². The first-order chi connectivity index (χ1) is 8.29. The smallest absolute Gasteiger partial charge is 0.306 e. The van der Waals surface area contributed by atoms with E-state index in [0.29, 0.717) is 24.9 Å². The second-order valence-electron chi connectivity index (χ2n) is 5.53. The summed E-state index contributed by atoms with van der Waals surface area (Å²) in [5.41, 5.74) is 0. The maximum atomic E-state index is 11.7. The highest BCUT2D eigenvalue weighted by Gasteiger charge is 2.36. The van der Waals surface area contributed by atoms with Gasteiger partial charge in [0, 0.05) is 6.42 Å². The van der Waals surface area contributed by atoms with Gasteiger partial charge in [0.05, 0.1) is 6.61 Å². The van der Waals surface area contributed by atoms with Gasteiger partial charge < -0.3 is 4.74 Å². The summed E-state index contributed by atoms with van der Waals surface area (Å²) < 4.78 is 5.30. The van der Waals surface area contributed by atoms with Gasteiger partial charge in [-0.3, -0.25) is 4.79 Å². The van der Waals surface area contributed by atoms with E-state index in [1.54, 1.807) is 0 Å². The molecule has 0 aliphatic heterocycles. The van der Waals surface area contributed by atoms with Crippen LogP contribution in [0.5, 0.6) is 0 Å². The summed E-state index contributed by atoms with van der Waals surface area (Å²) in [6.45, 7) is 2.81. The van der Waals surface area contributed by atoms with Crippen molar-refractivity contribution in [3.63, 3.8) is 0 Å². The summed E-state index contributed by atoms with van der Waals surface area (Å²) in [4.78, 5) is 11.7. The van der Waals surface area contributed by atoms with Crippen molar-refractivity contribution in [2.75, 3.05) is 6.61 Å². The van der Waals surface area contributed by atoms with Crippen LogP contribution in [0, 0.1) is 17.8 Å². The van der Waals surface area contributed by atoms with Gasteiger partial charge in [-0.1, -0.05) is 38.3 Å². The largest absolute Gasteiger partial charge is 0.466 e. The van der Waals surface area contributed by atoms with Crippen LogP contribution in [0.1, 0.15) is 51.9 Å². The van der Waals surface area contributed by atoms with E-state index in [9.17, 15) is 4.79 Å². The quantitative estimate of drug-likeness (QED) is 0.382. The lowest BCUT2D eigenvalue weighted by molar-refractivity contribution is -0.145. The van der Waals surface area contributed by atoms with E-state index in [1.807, 2.05) is 0 Å².